The van der Waals surface area contributed by atoms with E-state index in [0.717, 1.165) is 30.2 Å². The van der Waals surface area contributed by atoms with Crippen molar-refractivity contribution in [2.24, 2.45) is 0 Å². The third-order valence-corrected chi connectivity index (χ3v) is 8.22. The zero-order chi connectivity index (χ0) is 23.5. The van der Waals surface area contributed by atoms with Crippen molar-refractivity contribution < 1.29 is 17.6 Å². The van der Waals surface area contributed by atoms with Crippen molar-refractivity contribution in [1.82, 2.24) is 19.5 Å². The summed E-state index contributed by atoms with van der Waals surface area (Å²) in [5.74, 6) is 0.435. The molecule has 2 aromatic heterocycles. The van der Waals surface area contributed by atoms with Crippen molar-refractivity contribution in [3.8, 4) is 0 Å². The third kappa shape index (κ3) is 5.05. The van der Waals surface area contributed by atoms with E-state index in [1.807, 2.05) is 23.1 Å². The summed E-state index contributed by atoms with van der Waals surface area (Å²) in [6, 6.07) is 17.6. The second-order valence-corrected chi connectivity index (χ2v) is 11.0. The normalized spacial score (nSPS) is 15.1. The Morgan fingerprint density at radius 3 is 2.47 bits per heavy atom. The molecule has 0 bridgehead atoms. The van der Waals surface area contributed by atoms with Crippen LogP contribution in [0.25, 0.3) is 10.2 Å². The summed E-state index contributed by atoms with van der Waals surface area (Å²) in [7, 11) is -3.70. The Hall–Kier alpha value is -3.05. The van der Waals surface area contributed by atoms with Gasteiger partial charge >= 0.3 is 0 Å². The second kappa shape index (κ2) is 9.67. The average Bonchev–Trinajstić information content (AvgIpc) is 3.52. The zero-order valence-corrected chi connectivity index (χ0v) is 20.0. The first-order chi connectivity index (χ1) is 16.5. The number of aromatic nitrogens is 1. The summed E-state index contributed by atoms with van der Waals surface area (Å²) in [5, 5.41) is 1.08. The number of piperazine rings is 1. The topological polar surface area (TPSA) is 95.7 Å². The lowest BCUT2D eigenvalue weighted by Crippen LogP contribution is -2.48. The molecule has 1 aliphatic heterocycles. The number of carbonyl (C=O) groups is 1. The number of nitrogens with one attached hydrogen (secondary N) is 1. The maximum Gasteiger partial charge on any atom is 0.253 e. The van der Waals surface area contributed by atoms with Crippen LogP contribution in [-0.4, -0.2) is 55.3 Å². The SMILES string of the molecule is O=C(c1ccc(S(=O)(=O)NCc2ccco2)cc1)N1CCN(Cc2nc3ccccc3s2)CC1. The Kier molecular flexibility index (Phi) is 6.46. The van der Waals surface area contributed by atoms with Gasteiger partial charge in [0.1, 0.15) is 10.8 Å². The first-order valence-electron chi connectivity index (χ1n) is 11.0. The van der Waals surface area contributed by atoms with Crippen molar-refractivity contribution in [1.29, 1.82) is 0 Å². The van der Waals surface area contributed by atoms with Crippen molar-refractivity contribution >= 4 is 37.5 Å². The van der Waals surface area contributed by atoms with E-state index >= 15 is 0 Å². The molecule has 0 aliphatic carbocycles. The van der Waals surface area contributed by atoms with E-state index in [4.69, 9.17) is 9.40 Å². The monoisotopic (exact) mass is 496 g/mol. The van der Waals surface area contributed by atoms with Gasteiger partial charge in [0.15, 0.2) is 0 Å². The van der Waals surface area contributed by atoms with Gasteiger partial charge in [-0.3, -0.25) is 9.69 Å². The first kappa shape index (κ1) is 22.7. The lowest BCUT2D eigenvalue weighted by molar-refractivity contribution is 0.0628. The highest BCUT2D eigenvalue weighted by Crippen LogP contribution is 2.23. The number of furan rings is 1. The highest BCUT2D eigenvalue weighted by Gasteiger charge is 2.23. The molecular formula is C24H24N4O4S2. The molecule has 3 heterocycles. The minimum absolute atomic E-state index is 0.0668. The molecule has 1 N–H and O–H groups in total. The highest BCUT2D eigenvalue weighted by atomic mass is 32.2. The third-order valence-electron chi connectivity index (χ3n) is 5.78. The summed E-state index contributed by atoms with van der Waals surface area (Å²) in [6.45, 7) is 3.62. The molecule has 176 valence electrons. The molecule has 5 rings (SSSR count). The van der Waals surface area contributed by atoms with Gasteiger partial charge in [-0.15, -0.1) is 11.3 Å². The molecular weight excluding hydrogens is 472 g/mol. The number of benzene rings is 2. The van der Waals surface area contributed by atoms with E-state index in [1.54, 1.807) is 35.6 Å². The fourth-order valence-electron chi connectivity index (χ4n) is 3.91. The number of para-hydroxylation sites is 1. The van der Waals surface area contributed by atoms with Crippen LogP contribution in [0.1, 0.15) is 21.1 Å². The van der Waals surface area contributed by atoms with Gasteiger partial charge in [0.2, 0.25) is 10.0 Å². The van der Waals surface area contributed by atoms with Crippen molar-refractivity contribution in [3.63, 3.8) is 0 Å². The average molecular weight is 497 g/mol. The number of thiazole rings is 1. The predicted molar refractivity (Wildman–Crippen MR) is 130 cm³/mol. The van der Waals surface area contributed by atoms with Gasteiger partial charge in [-0.2, -0.15) is 0 Å². The highest BCUT2D eigenvalue weighted by molar-refractivity contribution is 7.89. The minimum atomic E-state index is -3.70. The number of hydrogen-bond donors (Lipinski definition) is 1. The number of nitrogens with zero attached hydrogens (tertiary/aromatic N) is 3. The number of sulfonamides is 1. The van der Waals surface area contributed by atoms with E-state index in [0.29, 0.717) is 24.4 Å². The molecule has 1 amide bonds. The summed E-state index contributed by atoms with van der Waals surface area (Å²) >= 11 is 1.71. The van der Waals surface area contributed by atoms with Gasteiger partial charge in [-0.25, -0.2) is 18.1 Å². The Balaban J connectivity index is 1.16. The lowest BCUT2D eigenvalue weighted by Gasteiger charge is -2.34. The Morgan fingerprint density at radius 1 is 1.00 bits per heavy atom. The molecule has 8 nitrogen and oxygen atoms in total. The Morgan fingerprint density at radius 2 is 1.76 bits per heavy atom. The molecule has 1 aliphatic rings. The fourth-order valence-corrected chi connectivity index (χ4v) is 5.91. The van der Waals surface area contributed by atoms with Crippen molar-refractivity contribution in [2.75, 3.05) is 26.2 Å². The van der Waals surface area contributed by atoms with Gasteiger partial charge in [0.25, 0.3) is 5.91 Å². The quantitative estimate of drug-likeness (QED) is 0.422. The van der Waals surface area contributed by atoms with Gasteiger partial charge in [0.05, 0.1) is 34.5 Å². The van der Waals surface area contributed by atoms with Crippen LogP contribution in [0.3, 0.4) is 0 Å². The largest absolute Gasteiger partial charge is 0.468 e. The molecule has 0 spiro atoms. The molecule has 0 saturated carbocycles. The van der Waals surface area contributed by atoms with Gasteiger partial charge < -0.3 is 9.32 Å². The zero-order valence-electron chi connectivity index (χ0n) is 18.4. The number of fused-ring (bicyclic) bond motifs is 1. The summed E-state index contributed by atoms with van der Waals surface area (Å²) in [5.41, 5.74) is 1.50. The second-order valence-electron chi connectivity index (χ2n) is 8.07. The maximum atomic E-state index is 12.9. The molecule has 10 heteroatoms. The summed E-state index contributed by atoms with van der Waals surface area (Å²) in [6.07, 6.45) is 1.49. The van der Waals surface area contributed by atoms with E-state index in [1.165, 1.54) is 23.1 Å². The molecule has 4 aromatic rings. The molecule has 0 radical (unpaired) electrons. The smallest absolute Gasteiger partial charge is 0.253 e. The number of carbonyl (C=O) groups excluding carboxylic acids is 1. The van der Waals surface area contributed by atoms with Crippen LogP contribution < -0.4 is 4.72 Å². The van der Waals surface area contributed by atoms with E-state index in [9.17, 15) is 13.2 Å². The standard InChI is InChI=1S/C24H24N4O4S2/c29-24(18-7-9-20(10-8-18)34(30,31)25-16-19-4-3-15-32-19)28-13-11-27(12-14-28)17-23-26-21-5-1-2-6-22(21)33-23/h1-10,15,25H,11-14,16-17H2. The molecule has 1 fully saturated rings. The van der Waals surface area contributed by atoms with E-state index in [-0.39, 0.29) is 17.3 Å². The van der Waals surface area contributed by atoms with Crippen LogP contribution in [0.4, 0.5) is 0 Å². The number of rotatable bonds is 7. The molecule has 2 aromatic carbocycles. The molecule has 1 saturated heterocycles. The van der Waals surface area contributed by atoms with Crippen LogP contribution in [0.2, 0.25) is 0 Å². The van der Waals surface area contributed by atoms with Gasteiger partial charge in [0, 0.05) is 31.7 Å². The maximum absolute atomic E-state index is 12.9. The van der Waals surface area contributed by atoms with E-state index < -0.39 is 10.0 Å². The van der Waals surface area contributed by atoms with Crippen LogP contribution in [0.15, 0.2) is 76.2 Å². The first-order valence-corrected chi connectivity index (χ1v) is 13.3. The van der Waals surface area contributed by atoms with Crippen LogP contribution in [0, 0.1) is 0 Å². The van der Waals surface area contributed by atoms with Crippen molar-refractivity contribution in [3.05, 3.63) is 83.3 Å². The fraction of sp³-hybridized carbons (Fsp3) is 0.250. The van der Waals surface area contributed by atoms with Crippen LogP contribution in [-0.2, 0) is 23.1 Å². The van der Waals surface area contributed by atoms with Gasteiger partial charge in [-0.1, -0.05) is 12.1 Å². The summed E-state index contributed by atoms with van der Waals surface area (Å²) in [4.78, 5) is 21.9. The van der Waals surface area contributed by atoms with Crippen LogP contribution in [0.5, 0.6) is 0 Å². The Labute approximate surface area is 201 Å². The van der Waals surface area contributed by atoms with Gasteiger partial charge in [-0.05, 0) is 48.5 Å². The summed E-state index contributed by atoms with van der Waals surface area (Å²) < 4.78 is 33.8. The molecule has 0 atom stereocenters. The Bertz CT molecular complexity index is 1340. The number of hydrogen-bond acceptors (Lipinski definition) is 7. The molecule has 0 unspecified atom stereocenters. The molecule has 34 heavy (non-hydrogen) atoms. The van der Waals surface area contributed by atoms with Crippen molar-refractivity contribution in [2.45, 2.75) is 18.0 Å². The minimum Gasteiger partial charge on any atom is -0.468 e. The lowest BCUT2D eigenvalue weighted by atomic mass is 10.2. The van der Waals surface area contributed by atoms with Crippen LogP contribution >= 0.6 is 11.3 Å². The number of amides is 1. The predicted octanol–water partition coefficient (Wildman–Crippen LogP) is 3.33. The van der Waals surface area contributed by atoms with E-state index in [2.05, 4.69) is 15.7 Å².